The minimum absolute atomic E-state index is 0.0302. The van der Waals surface area contributed by atoms with Crippen molar-refractivity contribution in [1.82, 2.24) is 31.9 Å². The molecule has 0 aromatic heterocycles. The Kier molecular flexibility index (Phi) is 23.4. The predicted molar refractivity (Wildman–Crippen MR) is 196 cm³/mol. The van der Waals surface area contributed by atoms with Crippen LogP contribution in [0, 0.1) is 5.92 Å². The van der Waals surface area contributed by atoms with Crippen molar-refractivity contribution in [3.05, 3.63) is 0 Å². The average molecular weight is 790 g/mol. The molecule has 0 aliphatic heterocycles. The number of aliphatic hydroxyl groups is 2. The van der Waals surface area contributed by atoms with Gasteiger partial charge in [0.15, 0.2) is 5.96 Å². The number of amides is 6. The third-order valence-electron chi connectivity index (χ3n) is 7.84. The number of aliphatic hydroxyl groups excluding tert-OH is 2. The van der Waals surface area contributed by atoms with Crippen molar-refractivity contribution in [2.24, 2.45) is 33.8 Å². The molecule has 0 aliphatic carbocycles. The van der Waals surface area contributed by atoms with Crippen LogP contribution in [0.15, 0.2) is 4.99 Å². The quantitative estimate of drug-likeness (QED) is 0.0210. The molecule has 0 bridgehead atoms. The second kappa shape index (κ2) is 25.8. The molecule has 0 saturated carbocycles. The molecule has 0 aromatic rings. The zero-order chi connectivity index (χ0) is 42.4. The Labute approximate surface area is 318 Å². The number of carboxylic acid groups (broad SMARTS) is 2. The molecule has 0 heterocycles. The normalized spacial score (nSPS) is 15.4. The Morgan fingerprint density at radius 2 is 1.16 bits per heavy atom. The van der Waals surface area contributed by atoms with Crippen molar-refractivity contribution in [2.75, 3.05) is 19.7 Å². The highest BCUT2D eigenvalue weighted by Gasteiger charge is 2.34. The van der Waals surface area contributed by atoms with E-state index in [1.165, 1.54) is 6.92 Å². The number of aliphatic carboxylic acids is 2. The lowest BCUT2D eigenvalue weighted by Gasteiger charge is -2.28. The Hall–Kier alpha value is -5.13. The summed E-state index contributed by atoms with van der Waals surface area (Å²) in [5.74, 6) is -8.77. The smallest absolute Gasteiger partial charge is 0.328 e. The van der Waals surface area contributed by atoms with E-state index in [2.05, 4.69) is 36.9 Å². The van der Waals surface area contributed by atoms with Crippen LogP contribution in [0.5, 0.6) is 0 Å². The van der Waals surface area contributed by atoms with Crippen LogP contribution in [0.2, 0.25) is 0 Å². The van der Waals surface area contributed by atoms with Gasteiger partial charge in [-0.1, -0.05) is 13.8 Å². The number of unbranched alkanes of at least 4 members (excludes halogenated alkanes) is 1. The molecule has 0 unspecified atom stereocenters. The van der Waals surface area contributed by atoms with Gasteiger partial charge in [-0.05, 0) is 64.8 Å². The highest BCUT2D eigenvalue weighted by atomic mass is 16.4. The maximum absolute atomic E-state index is 13.7. The molecule has 8 atom stereocenters. The second-order valence-electron chi connectivity index (χ2n) is 13.3. The summed E-state index contributed by atoms with van der Waals surface area (Å²) < 4.78 is 0. The van der Waals surface area contributed by atoms with Crippen molar-refractivity contribution in [1.29, 1.82) is 0 Å². The first-order chi connectivity index (χ1) is 25.6. The third kappa shape index (κ3) is 20.2. The monoisotopic (exact) mass is 789 g/mol. The van der Waals surface area contributed by atoms with E-state index in [0.29, 0.717) is 12.8 Å². The summed E-state index contributed by atoms with van der Waals surface area (Å²) in [6.45, 7) is 5.35. The first-order valence-electron chi connectivity index (χ1n) is 17.7. The fourth-order valence-electron chi connectivity index (χ4n) is 4.85. The zero-order valence-electron chi connectivity index (χ0n) is 31.6. The Balaban J connectivity index is 6.30. The fraction of sp³-hybridized carbons (Fsp3) is 0.719. The molecule has 0 spiro atoms. The summed E-state index contributed by atoms with van der Waals surface area (Å²) in [6.07, 6.45) is -1.38. The van der Waals surface area contributed by atoms with E-state index in [9.17, 15) is 48.6 Å². The van der Waals surface area contributed by atoms with E-state index in [1.807, 2.05) is 0 Å². The van der Waals surface area contributed by atoms with Gasteiger partial charge in [-0.25, -0.2) is 4.79 Å². The predicted octanol–water partition coefficient (Wildman–Crippen LogP) is -5.60. The van der Waals surface area contributed by atoms with E-state index in [-0.39, 0.29) is 50.7 Å². The van der Waals surface area contributed by atoms with E-state index in [0.717, 1.165) is 6.92 Å². The van der Waals surface area contributed by atoms with Gasteiger partial charge in [0.2, 0.25) is 35.4 Å². The molecule has 6 amide bonds. The number of rotatable bonds is 27. The molecule has 0 aromatic carbocycles. The van der Waals surface area contributed by atoms with E-state index >= 15 is 0 Å². The van der Waals surface area contributed by atoms with Crippen LogP contribution in [-0.2, 0) is 38.4 Å². The number of hydrogen-bond donors (Lipinski definition) is 14. The van der Waals surface area contributed by atoms with Crippen molar-refractivity contribution in [3.63, 3.8) is 0 Å². The summed E-state index contributed by atoms with van der Waals surface area (Å²) in [7, 11) is 0. The maximum atomic E-state index is 13.7. The van der Waals surface area contributed by atoms with Crippen molar-refractivity contribution < 1.29 is 58.8 Å². The highest BCUT2D eigenvalue weighted by Crippen LogP contribution is 2.10. The highest BCUT2D eigenvalue weighted by molar-refractivity contribution is 5.97. The van der Waals surface area contributed by atoms with Crippen LogP contribution in [0.25, 0.3) is 0 Å². The Morgan fingerprint density at radius 1 is 0.655 bits per heavy atom. The van der Waals surface area contributed by atoms with Gasteiger partial charge < -0.3 is 75.3 Å². The minimum atomic E-state index is -1.68. The zero-order valence-corrected chi connectivity index (χ0v) is 31.6. The van der Waals surface area contributed by atoms with Crippen LogP contribution in [0.4, 0.5) is 0 Å². The van der Waals surface area contributed by atoms with Gasteiger partial charge in [-0.15, -0.1) is 0 Å². The third-order valence-corrected chi connectivity index (χ3v) is 7.84. The van der Waals surface area contributed by atoms with Gasteiger partial charge in [0.1, 0.15) is 36.3 Å². The van der Waals surface area contributed by atoms with E-state index in [1.54, 1.807) is 13.8 Å². The molecule has 23 nitrogen and oxygen atoms in total. The topological polar surface area (TPSA) is 406 Å². The van der Waals surface area contributed by atoms with Gasteiger partial charge in [-0.2, -0.15) is 0 Å². The molecule has 0 aliphatic rings. The number of hydrogen-bond acceptors (Lipinski definition) is 13. The van der Waals surface area contributed by atoms with Crippen molar-refractivity contribution >= 4 is 53.3 Å². The summed E-state index contributed by atoms with van der Waals surface area (Å²) >= 11 is 0. The van der Waals surface area contributed by atoms with Crippen LogP contribution >= 0.6 is 0 Å². The largest absolute Gasteiger partial charge is 0.481 e. The van der Waals surface area contributed by atoms with Gasteiger partial charge in [0.05, 0.1) is 25.2 Å². The molecular weight excluding hydrogens is 730 g/mol. The summed E-state index contributed by atoms with van der Waals surface area (Å²) in [4.78, 5) is 105. The second-order valence-corrected chi connectivity index (χ2v) is 13.3. The van der Waals surface area contributed by atoms with Gasteiger partial charge >= 0.3 is 11.9 Å². The summed E-state index contributed by atoms with van der Waals surface area (Å²) in [5, 5.41) is 51.8. The van der Waals surface area contributed by atoms with Crippen LogP contribution in [0.3, 0.4) is 0 Å². The first kappa shape index (κ1) is 49.9. The van der Waals surface area contributed by atoms with Crippen LogP contribution in [-0.4, -0.2) is 142 Å². The first-order valence-corrected chi connectivity index (χ1v) is 17.7. The maximum Gasteiger partial charge on any atom is 0.328 e. The van der Waals surface area contributed by atoms with Crippen LogP contribution in [0.1, 0.15) is 72.6 Å². The molecule has 55 heavy (non-hydrogen) atoms. The average Bonchev–Trinajstić information content (AvgIpc) is 3.08. The molecule has 23 heteroatoms. The number of nitrogens with one attached hydrogen (secondary N) is 6. The molecule has 0 rings (SSSR count). The number of guanidine groups is 1. The number of aliphatic imine (C=N–C) groups is 1. The fourth-order valence-corrected chi connectivity index (χ4v) is 4.85. The summed E-state index contributed by atoms with van der Waals surface area (Å²) in [5.41, 5.74) is 22.0. The minimum Gasteiger partial charge on any atom is -0.481 e. The SMILES string of the molecule is CC(C)C[C@H](NC(=O)[C@H](CCCCN)NC(=O)[C@H](CCCN=C(N)N)NC(=O)[C@@H](NC(=O)[C@@H](N)CC(=O)O)[C@@H](C)O)C(=O)N[C@@H](C)C(=O)N[C@@H](CO)C(=O)O. The molecule has 0 saturated heterocycles. The number of nitrogens with zero attached hydrogens (tertiary/aromatic N) is 1. The number of carboxylic acids is 2. The molecule has 18 N–H and O–H groups in total. The summed E-state index contributed by atoms with van der Waals surface area (Å²) in [6, 6.07) is -10.1. The van der Waals surface area contributed by atoms with Gasteiger partial charge in [0.25, 0.3) is 0 Å². The number of carbonyl (C=O) groups excluding carboxylic acids is 6. The molecule has 314 valence electrons. The molecular formula is C32H59N11O12. The van der Waals surface area contributed by atoms with E-state index in [4.69, 9.17) is 33.1 Å². The lowest BCUT2D eigenvalue weighted by molar-refractivity contribution is -0.143. The van der Waals surface area contributed by atoms with Gasteiger partial charge in [-0.3, -0.25) is 38.6 Å². The Bertz CT molecular complexity index is 1340. The number of carbonyl (C=O) groups is 8. The lowest BCUT2D eigenvalue weighted by atomic mass is 10.0. The van der Waals surface area contributed by atoms with Crippen molar-refractivity contribution in [2.45, 2.75) is 121 Å². The molecule has 0 fully saturated rings. The van der Waals surface area contributed by atoms with E-state index < -0.39 is 109 Å². The molecule has 0 radical (unpaired) electrons. The van der Waals surface area contributed by atoms with Crippen LogP contribution < -0.4 is 54.8 Å². The lowest BCUT2D eigenvalue weighted by Crippen LogP contribution is -2.61. The number of nitrogens with two attached hydrogens (primary N) is 4. The van der Waals surface area contributed by atoms with Crippen molar-refractivity contribution in [3.8, 4) is 0 Å². The standard InChI is InChI=1S/C32H59N11O12/c1-15(2)12-21(29(52)38-16(3)25(48)42-22(14-44)31(54)55)41-28(51)19(8-5-6-10-33)39-27(50)20(9-7-11-37-32(35)36)40-30(53)24(17(4)45)43-26(49)18(34)13-23(46)47/h15-22,24,44-45H,5-14,33-34H2,1-4H3,(H,38,52)(H,39,50)(H,40,53)(H,41,51)(H,42,48)(H,43,49)(H,46,47)(H,54,55)(H4,35,36,37)/t16-,17+,18-,19-,20-,21-,22-,24-/m0/s1. The Morgan fingerprint density at radius 3 is 1.64 bits per heavy atom. The van der Waals surface area contributed by atoms with Gasteiger partial charge in [0, 0.05) is 6.54 Å².